The van der Waals surface area contributed by atoms with Crippen LogP contribution in [0.4, 0.5) is 5.95 Å². The maximum absolute atomic E-state index is 12.5. The monoisotopic (exact) mass is 319 g/mol. The topological polar surface area (TPSA) is 92.2 Å². The molecule has 24 heavy (non-hydrogen) atoms. The van der Waals surface area contributed by atoms with Gasteiger partial charge in [0, 0.05) is 12.4 Å². The SMILES string of the molecule is Cc1ccc2ncc(C(=O)Nc3nc4ccccc4[nH]3)c(=O)n2c1. The number of anilines is 1. The molecule has 0 aliphatic carbocycles. The van der Waals surface area contributed by atoms with E-state index in [4.69, 9.17) is 0 Å². The molecule has 0 radical (unpaired) electrons. The molecule has 7 heteroatoms. The second-order valence-electron chi connectivity index (χ2n) is 5.47. The summed E-state index contributed by atoms with van der Waals surface area (Å²) in [7, 11) is 0. The van der Waals surface area contributed by atoms with Crippen LogP contribution < -0.4 is 10.9 Å². The number of pyridine rings is 1. The Bertz CT molecular complexity index is 1110. The van der Waals surface area contributed by atoms with E-state index < -0.39 is 11.5 Å². The predicted octanol–water partition coefficient (Wildman–Crippen LogP) is 2.13. The average Bonchev–Trinajstić information content (AvgIpc) is 2.97. The van der Waals surface area contributed by atoms with Crippen LogP contribution in [0.1, 0.15) is 15.9 Å². The first-order valence-corrected chi connectivity index (χ1v) is 7.36. The van der Waals surface area contributed by atoms with Gasteiger partial charge in [0.1, 0.15) is 11.2 Å². The first-order chi connectivity index (χ1) is 11.6. The number of carbonyl (C=O) groups excluding carboxylic acids is 1. The summed E-state index contributed by atoms with van der Waals surface area (Å²) in [4.78, 5) is 36.3. The quantitative estimate of drug-likeness (QED) is 0.592. The highest BCUT2D eigenvalue weighted by molar-refractivity contribution is 6.03. The van der Waals surface area contributed by atoms with Crippen molar-refractivity contribution in [1.82, 2.24) is 19.4 Å². The second-order valence-corrected chi connectivity index (χ2v) is 5.47. The lowest BCUT2D eigenvalue weighted by Crippen LogP contribution is -2.27. The Hall–Kier alpha value is -3.48. The number of aromatic amines is 1. The number of fused-ring (bicyclic) bond motifs is 2. The van der Waals surface area contributed by atoms with Crippen LogP contribution in [0.5, 0.6) is 0 Å². The summed E-state index contributed by atoms with van der Waals surface area (Å²) >= 11 is 0. The number of nitrogens with one attached hydrogen (secondary N) is 2. The number of para-hydroxylation sites is 2. The van der Waals surface area contributed by atoms with Crippen LogP contribution in [0, 0.1) is 6.92 Å². The maximum Gasteiger partial charge on any atom is 0.270 e. The zero-order valence-electron chi connectivity index (χ0n) is 12.8. The molecule has 0 spiro atoms. The molecule has 0 fully saturated rings. The third-order valence-corrected chi connectivity index (χ3v) is 3.72. The Labute approximate surface area is 136 Å². The predicted molar refractivity (Wildman–Crippen MR) is 90.2 cm³/mol. The zero-order valence-corrected chi connectivity index (χ0v) is 12.8. The first-order valence-electron chi connectivity index (χ1n) is 7.36. The van der Waals surface area contributed by atoms with Crippen molar-refractivity contribution in [3.8, 4) is 0 Å². The van der Waals surface area contributed by atoms with E-state index in [1.165, 1.54) is 10.6 Å². The lowest BCUT2D eigenvalue weighted by molar-refractivity contribution is 0.102. The molecule has 0 saturated heterocycles. The Morgan fingerprint density at radius 1 is 1.21 bits per heavy atom. The number of aromatic nitrogens is 4. The Balaban J connectivity index is 1.72. The first kappa shape index (κ1) is 14.1. The lowest BCUT2D eigenvalue weighted by atomic mass is 10.3. The summed E-state index contributed by atoms with van der Waals surface area (Å²) < 4.78 is 1.36. The highest BCUT2D eigenvalue weighted by Gasteiger charge is 2.15. The van der Waals surface area contributed by atoms with E-state index in [1.807, 2.05) is 37.3 Å². The third-order valence-electron chi connectivity index (χ3n) is 3.72. The van der Waals surface area contributed by atoms with Gasteiger partial charge in [-0.1, -0.05) is 18.2 Å². The minimum absolute atomic E-state index is 0.0430. The normalized spacial score (nSPS) is 11.0. The fourth-order valence-corrected chi connectivity index (χ4v) is 2.53. The number of H-pyrrole nitrogens is 1. The number of benzene rings is 1. The van der Waals surface area contributed by atoms with E-state index in [0.29, 0.717) is 5.65 Å². The van der Waals surface area contributed by atoms with Gasteiger partial charge >= 0.3 is 0 Å². The summed E-state index contributed by atoms with van der Waals surface area (Å²) in [5, 5.41) is 2.61. The summed E-state index contributed by atoms with van der Waals surface area (Å²) in [6, 6.07) is 11.0. The highest BCUT2D eigenvalue weighted by Crippen LogP contribution is 2.13. The molecule has 0 unspecified atom stereocenters. The number of hydrogen-bond acceptors (Lipinski definition) is 4. The van der Waals surface area contributed by atoms with E-state index in [9.17, 15) is 9.59 Å². The van der Waals surface area contributed by atoms with Crippen LogP contribution in [0.25, 0.3) is 16.7 Å². The van der Waals surface area contributed by atoms with Crippen molar-refractivity contribution in [2.75, 3.05) is 5.32 Å². The number of carbonyl (C=O) groups is 1. The molecule has 1 aromatic carbocycles. The third kappa shape index (κ3) is 2.32. The number of rotatable bonds is 2. The van der Waals surface area contributed by atoms with Gasteiger partial charge in [-0.3, -0.25) is 19.3 Å². The van der Waals surface area contributed by atoms with E-state index in [-0.39, 0.29) is 11.5 Å². The molecule has 118 valence electrons. The van der Waals surface area contributed by atoms with Crippen LogP contribution in [0.2, 0.25) is 0 Å². The van der Waals surface area contributed by atoms with Crippen molar-refractivity contribution >= 4 is 28.5 Å². The number of amides is 1. The maximum atomic E-state index is 12.5. The van der Waals surface area contributed by atoms with Crippen LogP contribution in [0.3, 0.4) is 0 Å². The Morgan fingerprint density at radius 3 is 2.88 bits per heavy atom. The van der Waals surface area contributed by atoms with Crippen molar-refractivity contribution in [2.45, 2.75) is 6.92 Å². The minimum atomic E-state index is -0.553. The smallest absolute Gasteiger partial charge is 0.270 e. The second kappa shape index (κ2) is 5.31. The summed E-state index contributed by atoms with van der Waals surface area (Å²) in [6.45, 7) is 1.87. The molecule has 0 aliphatic rings. The van der Waals surface area contributed by atoms with E-state index in [1.54, 1.807) is 12.3 Å². The fourth-order valence-electron chi connectivity index (χ4n) is 2.53. The minimum Gasteiger partial charge on any atom is -0.324 e. The van der Waals surface area contributed by atoms with Crippen molar-refractivity contribution < 1.29 is 4.79 Å². The summed E-state index contributed by atoms with van der Waals surface area (Å²) in [5.74, 6) is -0.266. The fraction of sp³-hybridized carbons (Fsp3) is 0.0588. The van der Waals surface area contributed by atoms with Crippen molar-refractivity contribution in [2.24, 2.45) is 0 Å². The lowest BCUT2D eigenvalue weighted by Gasteiger charge is -2.05. The van der Waals surface area contributed by atoms with Gasteiger partial charge in [-0.05, 0) is 30.7 Å². The molecule has 0 atom stereocenters. The van der Waals surface area contributed by atoms with E-state index in [0.717, 1.165) is 16.6 Å². The van der Waals surface area contributed by atoms with Crippen LogP contribution >= 0.6 is 0 Å². The van der Waals surface area contributed by atoms with Crippen molar-refractivity contribution in [3.63, 3.8) is 0 Å². The van der Waals surface area contributed by atoms with Gasteiger partial charge < -0.3 is 4.98 Å². The molecule has 0 aliphatic heterocycles. The van der Waals surface area contributed by atoms with Crippen LogP contribution in [-0.4, -0.2) is 25.3 Å². The molecule has 4 rings (SSSR count). The molecule has 0 bridgehead atoms. The number of nitrogens with zero attached hydrogens (tertiary/aromatic N) is 3. The van der Waals surface area contributed by atoms with Crippen molar-refractivity contribution in [3.05, 3.63) is 70.3 Å². The number of imidazole rings is 1. The molecular formula is C17H13N5O2. The Kier molecular flexibility index (Phi) is 3.13. The molecule has 0 saturated carbocycles. The zero-order chi connectivity index (χ0) is 16.7. The van der Waals surface area contributed by atoms with E-state index in [2.05, 4.69) is 20.3 Å². The van der Waals surface area contributed by atoms with Gasteiger partial charge in [0.2, 0.25) is 5.95 Å². The van der Waals surface area contributed by atoms with Gasteiger partial charge in [0.05, 0.1) is 11.0 Å². The van der Waals surface area contributed by atoms with Gasteiger partial charge in [-0.2, -0.15) is 0 Å². The van der Waals surface area contributed by atoms with Gasteiger partial charge in [0.25, 0.3) is 11.5 Å². The standard InChI is InChI=1S/C17H13N5O2/c1-10-6-7-14-18-8-11(16(24)22(14)9-10)15(23)21-17-19-12-4-2-3-5-13(12)20-17/h2-9H,1H3,(H2,19,20,21,23). The van der Waals surface area contributed by atoms with Gasteiger partial charge in [-0.25, -0.2) is 9.97 Å². The average molecular weight is 319 g/mol. The highest BCUT2D eigenvalue weighted by atomic mass is 16.2. The molecule has 4 aromatic rings. The molecule has 1 amide bonds. The number of aryl methyl sites for hydroxylation is 1. The molecule has 3 aromatic heterocycles. The number of hydrogen-bond donors (Lipinski definition) is 2. The van der Waals surface area contributed by atoms with Crippen molar-refractivity contribution in [1.29, 1.82) is 0 Å². The molecule has 3 heterocycles. The van der Waals surface area contributed by atoms with Gasteiger partial charge in [-0.15, -0.1) is 0 Å². The largest absolute Gasteiger partial charge is 0.324 e. The van der Waals surface area contributed by atoms with Gasteiger partial charge in [0.15, 0.2) is 0 Å². The molecule has 7 nitrogen and oxygen atoms in total. The summed E-state index contributed by atoms with van der Waals surface area (Å²) in [5.41, 5.74) is 2.47. The molecule has 2 N–H and O–H groups in total. The van der Waals surface area contributed by atoms with Crippen LogP contribution in [0.15, 0.2) is 53.6 Å². The Morgan fingerprint density at radius 2 is 2.04 bits per heavy atom. The van der Waals surface area contributed by atoms with Crippen LogP contribution in [-0.2, 0) is 0 Å². The van der Waals surface area contributed by atoms with E-state index >= 15 is 0 Å². The molecular weight excluding hydrogens is 306 g/mol. The summed E-state index contributed by atoms with van der Waals surface area (Å²) in [6.07, 6.45) is 2.94.